The monoisotopic (exact) mass is 398 g/mol. The van der Waals surface area contributed by atoms with Crippen LogP contribution < -0.4 is 0 Å². The lowest BCUT2D eigenvalue weighted by atomic mass is 10.1. The van der Waals surface area contributed by atoms with E-state index in [0.717, 1.165) is 23.1 Å². The summed E-state index contributed by atoms with van der Waals surface area (Å²) in [6.07, 6.45) is 1.76. The average molecular weight is 398 g/mol. The van der Waals surface area contributed by atoms with Crippen LogP contribution in [0.3, 0.4) is 0 Å². The van der Waals surface area contributed by atoms with E-state index in [4.69, 9.17) is 5.11 Å². The maximum atomic E-state index is 12.4. The van der Waals surface area contributed by atoms with E-state index in [-0.39, 0.29) is 23.7 Å². The van der Waals surface area contributed by atoms with Crippen molar-refractivity contribution in [1.29, 1.82) is 0 Å². The largest absolute Gasteiger partial charge is 0.396 e. The summed E-state index contributed by atoms with van der Waals surface area (Å²) in [5.74, 6) is -0.145. The predicted molar refractivity (Wildman–Crippen MR) is 107 cm³/mol. The molecule has 0 amide bonds. The zero-order chi connectivity index (χ0) is 20.3. The molecule has 0 saturated heterocycles. The fraction of sp³-hybridized carbons (Fsp3) is 0.238. The lowest BCUT2D eigenvalue weighted by Crippen LogP contribution is -2.04. The standard InChI is InChI=1S/C21H22N2O4S/c1-15-5-9-17(10-6-15)23-20(14-19(22-23)21(25)4-3-13-24)16-7-11-18(12-8-16)28(2,26)27/h5-12,14,24H,3-4,13H2,1-2H3. The van der Waals surface area contributed by atoms with Gasteiger partial charge in [-0.25, -0.2) is 13.1 Å². The van der Waals surface area contributed by atoms with E-state index in [1.807, 2.05) is 31.2 Å². The van der Waals surface area contributed by atoms with Gasteiger partial charge in [0.15, 0.2) is 15.6 Å². The zero-order valence-corrected chi connectivity index (χ0v) is 16.6. The molecule has 0 aliphatic rings. The number of Topliss-reactive ketones (excluding diaryl/α,β-unsaturated/α-hetero) is 1. The SMILES string of the molecule is Cc1ccc(-n2nc(C(=O)CCCO)cc2-c2ccc(S(C)(=O)=O)cc2)cc1. The van der Waals surface area contributed by atoms with Gasteiger partial charge in [-0.1, -0.05) is 29.8 Å². The molecule has 0 atom stereocenters. The molecule has 0 aliphatic heterocycles. The molecule has 0 unspecified atom stereocenters. The van der Waals surface area contributed by atoms with Crippen molar-refractivity contribution in [2.45, 2.75) is 24.7 Å². The predicted octanol–water partition coefficient (Wildman–Crippen LogP) is 3.21. The first kappa shape index (κ1) is 20.0. The molecule has 146 valence electrons. The second-order valence-electron chi connectivity index (χ2n) is 6.71. The van der Waals surface area contributed by atoms with Gasteiger partial charge in [-0.3, -0.25) is 4.79 Å². The van der Waals surface area contributed by atoms with Gasteiger partial charge in [0, 0.05) is 24.8 Å². The van der Waals surface area contributed by atoms with E-state index in [0.29, 0.717) is 17.8 Å². The van der Waals surface area contributed by atoms with Crippen LogP contribution in [-0.4, -0.2) is 42.0 Å². The van der Waals surface area contributed by atoms with Gasteiger partial charge >= 0.3 is 0 Å². The van der Waals surface area contributed by atoms with E-state index in [1.165, 1.54) is 0 Å². The summed E-state index contributed by atoms with van der Waals surface area (Å²) >= 11 is 0. The molecule has 1 N–H and O–H groups in total. The quantitative estimate of drug-likeness (QED) is 0.617. The molecular weight excluding hydrogens is 376 g/mol. The minimum atomic E-state index is -3.29. The Kier molecular flexibility index (Phi) is 5.76. The number of rotatable bonds is 7. The van der Waals surface area contributed by atoms with Crippen molar-refractivity contribution >= 4 is 15.6 Å². The molecule has 7 heteroatoms. The maximum Gasteiger partial charge on any atom is 0.183 e. The third-order valence-electron chi connectivity index (χ3n) is 4.41. The van der Waals surface area contributed by atoms with Crippen LogP contribution in [0.1, 0.15) is 28.9 Å². The van der Waals surface area contributed by atoms with Gasteiger partial charge in [0.1, 0.15) is 5.69 Å². The maximum absolute atomic E-state index is 12.4. The topological polar surface area (TPSA) is 89.3 Å². The third-order valence-corrected chi connectivity index (χ3v) is 5.54. The summed E-state index contributed by atoms with van der Waals surface area (Å²) in [5.41, 5.74) is 3.66. The Bertz CT molecular complexity index is 1080. The molecule has 6 nitrogen and oxygen atoms in total. The molecule has 0 fully saturated rings. The van der Waals surface area contributed by atoms with E-state index in [9.17, 15) is 13.2 Å². The van der Waals surface area contributed by atoms with E-state index < -0.39 is 9.84 Å². The Hall–Kier alpha value is -2.77. The number of aliphatic hydroxyl groups excluding tert-OH is 1. The Morgan fingerprint density at radius 3 is 2.29 bits per heavy atom. The minimum absolute atomic E-state index is 0.0514. The smallest absolute Gasteiger partial charge is 0.183 e. The van der Waals surface area contributed by atoms with Gasteiger partial charge in [0.05, 0.1) is 16.3 Å². The number of carbonyl (C=O) groups excluding carboxylic acids is 1. The van der Waals surface area contributed by atoms with Crippen LogP contribution in [0.5, 0.6) is 0 Å². The molecule has 28 heavy (non-hydrogen) atoms. The van der Waals surface area contributed by atoms with Crippen molar-refractivity contribution in [2.75, 3.05) is 12.9 Å². The highest BCUT2D eigenvalue weighted by Gasteiger charge is 2.17. The van der Waals surface area contributed by atoms with Crippen LogP contribution in [0, 0.1) is 6.92 Å². The summed E-state index contributed by atoms with van der Waals surface area (Å²) in [6.45, 7) is 1.94. The van der Waals surface area contributed by atoms with Crippen molar-refractivity contribution in [3.8, 4) is 16.9 Å². The van der Waals surface area contributed by atoms with Crippen molar-refractivity contribution in [1.82, 2.24) is 9.78 Å². The normalized spacial score (nSPS) is 11.5. The summed E-state index contributed by atoms with van der Waals surface area (Å²) < 4.78 is 25.1. The third kappa shape index (κ3) is 4.37. The average Bonchev–Trinajstić information content (AvgIpc) is 3.11. The number of ketones is 1. The van der Waals surface area contributed by atoms with Crippen LogP contribution in [0.15, 0.2) is 59.5 Å². The molecule has 2 aromatic carbocycles. The van der Waals surface area contributed by atoms with Crippen LogP contribution in [0.2, 0.25) is 0 Å². The van der Waals surface area contributed by atoms with Gasteiger partial charge in [-0.2, -0.15) is 5.10 Å². The first-order valence-corrected chi connectivity index (χ1v) is 10.8. The minimum Gasteiger partial charge on any atom is -0.396 e. The first-order valence-electron chi connectivity index (χ1n) is 8.91. The van der Waals surface area contributed by atoms with Gasteiger partial charge in [-0.05, 0) is 43.7 Å². The fourth-order valence-corrected chi connectivity index (χ4v) is 3.48. The number of carbonyl (C=O) groups is 1. The summed E-state index contributed by atoms with van der Waals surface area (Å²) in [6, 6.07) is 16.0. The van der Waals surface area contributed by atoms with Crippen LogP contribution >= 0.6 is 0 Å². The molecule has 0 aliphatic carbocycles. The van der Waals surface area contributed by atoms with Gasteiger partial charge in [-0.15, -0.1) is 0 Å². The molecule has 1 aromatic heterocycles. The van der Waals surface area contributed by atoms with E-state index >= 15 is 0 Å². The molecule has 3 aromatic rings. The number of hydrogen-bond donors (Lipinski definition) is 1. The number of hydrogen-bond acceptors (Lipinski definition) is 5. The van der Waals surface area contributed by atoms with Crippen molar-refractivity contribution in [2.24, 2.45) is 0 Å². The van der Waals surface area contributed by atoms with Gasteiger partial charge in [0.2, 0.25) is 0 Å². The number of benzene rings is 2. The Morgan fingerprint density at radius 1 is 1.07 bits per heavy atom. The molecule has 0 saturated carbocycles. The lowest BCUT2D eigenvalue weighted by Gasteiger charge is -2.08. The zero-order valence-electron chi connectivity index (χ0n) is 15.8. The number of nitrogens with zero attached hydrogens (tertiary/aromatic N) is 2. The van der Waals surface area contributed by atoms with Gasteiger partial charge < -0.3 is 5.11 Å². The van der Waals surface area contributed by atoms with Gasteiger partial charge in [0.25, 0.3) is 0 Å². The molecule has 3 rings (SSSR count). The second-order valence-corrected chi connectivity index (χ2v) is 8.72. The molecule has 0 bridgehead atoms. The number of aliphatic hydroxyl groups is 1. The number of aromatic nitrogens is 2. The number of aryl methyl sites for hydroxylation is 1. The van der Waals surface area contributed by atoms with E-state index in [2.05, 4.69) is 5.10 Å². The number of sulfone groups is 1. The highest BCUT2D eigenvalue weighted by atomic mass is 32.2. The molecule has 1 heterocycles. The summed E-state index contributed by atoms with van der Waals surface area (Å²) in [7, 11) is -3.29. The highest BCUT2D eigenvalue weighted by Crippen LogP contribution is 2.26. The fourth-order valence-electron chi connectivity index (χ4n) is 2.85. The Labute approximate surface area is 164 Å². The molecular formula is C21H22N2O4S. The summed E-state index contributed by atoms with van der Waals surface area (Å²) in [4.78, 5) is 12.6. The van der Waals surface area contributed by atoms with Crippen LogP contribution in [0.25, 0.3) is 16.9 Å². The van der Waals surface area contributed by atoms with Crippen LogP contribution in [-0.2, 0) is 9.84 Å². The molecule has 0 spiro atoms. The Morgan fingerprint density at radius 2 is 1.71 bits per heavy atom. The van der Waals surface area contributed by atoms with Crippen molar-refractivity contribution in [3.63, 3.8) is 0 Å². The Balaban J connectivity index is 2.08. The van der Waals surface area contributed by atoms with Crippen molar-refractivity contribution in [3.05, 3.63) is 65.9 Å². The van der Waals surface area contributed by atoms with Crippen LogP contribution in [0.4, 0.5) is 0 Å². The summed E-state index contributed by atoms with van der Waals surface area (Å²) in [5, 5.41) is 13.4. The van der Waals surface area contributed by atoms with Crippen molar-refractivity contribution < 1.29 is 18.3 Å². The van der Waals surface area contributed by atoms with E-state index in [1.54, 1.807) is 35.0 Å². The highest BCUT2D eigenvalue weighted by molar-refractivity contribution is 7.90. The lowest BCUT2D eigenvalue weighted by molar-refractivity contribution is 0.0966. The first-order chi connectivity index (χ1) is 13.3. The molecule has 0 radical (unpaired) electrons. The second kappa shape index (κ2) is 8.08.